The van der Waals surface area contributed by atoms with E-state index < -0.39 is 0 Å². The third-order valence-electron chi connectivity index (χ3n) is 4.93. The fourth-order valence-electron chi connectivity index (χ4n) is 3.41. The first-order valence-corrected chi connectivity index (χ1v) is 9.27. The summed E-state index contributed by atoms with van der Waals surface area (Å²) in [7, 11) is 0. The quantitative estimate of drug-likeness (QED) is 0.887. The molecule has 1 amide bonds. The molecule has 132 valence electrons. The van der Waals surface area contributed by atoms with Crippen LogP contribution in [0.3, 0.4) is 0 Å². The van der Waals surface area contributed by atoms with Gasteiger partial charge >= 0.3 is 0 Å². The minimum atomic E-state index is -0.0618. The molecular weight excluding hydrogens is 338 g/mol. The van der Waals surface area contributed by atoms with Gasteiger partial charge in [0.15, 0.2) is 0 Å². The number of carbonyl (C=O) groups is 1. The van der Waals surface area contributed by atoms with Crippen molar-refractivity contribution < 1.29 is 9.53 Å². The smallest absolute Gasteiger partial charge is 0.255 e. The molecule has 1 atom stereocenters. The monoisotopic (exact) mass is 359 g/mol. The fraction of sp³-hybridized carbons (Fsp3) is 0.474. The Kier molecular flexibility index (Phi) is 4.52. The van der Waals surface area contributed by atoms with Crippen molar-refractivity contribution in [3.8, 4) is 5.69 Å². The number of halogens is 1. The van der Waals surface area contributed by atoms with Crippen molar-refractivity contribution in [3.05, 3.63) is 46.2 Å². The van der Waals surface area contributed by atoms with E-state index in [0.29, 0.717) is 23.0 Å². The highest BCUT2D eigenvalue weighted by Gasteiger charge is 2.34. The number of benzene rings is 1. The molecule has 1 saturated carbocycles. The van der Waals surface area contributed by atoms with Crippen molar-refractivity contribution in [1.29, 1.82) is 0 Å². The van der Waals surface area contributed by atoms with Crippen molar-refractivity contribution in [3.63, 3.8) is 0 Å². The summed E-state index contributed by atoms with van der Waals surface area (Å²) < 4.78 is 7.40. The minimum Gasteiger partial charge on any atom is -0.376 e. The Labute approximate surface area is 152 Å². The molecule has 2 aliphatic rings. The molecule has 1 aliphatic carbocycles. The molecule has 1 N–H and O–H groups in total. The second-order valence-electron chi connectivity index (χ2n) is 6.83. The van der Waals surface area contributed by atoms with Gasteiger partial charge < -0.3 is 10.1 Å². The summed E-state index contributed by atoms with van der Waals surface area (Å²) in [6.07, 6.45) is 4.38. The van der Waals surface area contributed by atoms with E-state index >= 15 is 0 Å². The molecule has 1 aliphatic heterocycles. The summed E-state index contributed by atoms with van der Waals surface area (Å²) in [4.78, 5) is 12.9. The van der Waals surface area contributed by atoms with Crippen molar-refractivity contribution in [2.24, 2.45) is 0 Å². The van der Waals surface area contributed by atoms with Crippen LogP contribution in [-0.2, 0) is 4.74 Å². The first kappa shape index (κ1) is 16.6. The summed E-state index contributed by atoms with van der Waals surface area (Å²) in [5.41, 5.74) is 3.23. The number of aromatic nitrogens is 2. The average Bonchev–Trinajstić information content (AvgIpc) is 3.21. The molecule has 5 nitrogen and oxygen atoms in total. The molecule has 2 heterocycles. The normalized spacial score (nSPS) is 20.0. The van der Waals surface area contributed by atoms with Crippen LogP contribution in [0, 0.1) is 6.92 Å². The first-order chi connectivity index (χ1) is 12.1. The SMILES string of the molecule is Cc1c(C(=O)NC[C@@H]2CCCO2)c(C2CC2)nn1-c1ccccc1Cl. The Morgan fingerprint density at radius 3 is 2.84 bits per heavy atom. The second-order valence-corrected chi connectivity index (χ2v) is 7.24. The van der Waals surface area contributed by atoms with Gasteiger partial charge in [-0.15, -0.1) is 0 Å². The second kappa shape index (κ2) is 6.81. The standard InChI is InChI=1S/C19H22ClN3O2/c1-12-17(19(24)21-11-14-5-4-10-25-14)18(13-8-9-13)22-23(12)16-7-3-2-6-15(16)20/h2-3,6-7,13-14H,4-5,8-11H2,1H3,(H,21,24)/t14-/m0/s1. The zero-order chi connectivity index (χ0) is 17.4. The van der Waals surface area contributed by atoms with Gasteiger partial charge in [0, 0.05) is 19.1 Å². The van der Waals surface area contributed by atoms with Gasteiger partial charge in [-0.05, 0) is 44.7 Å². The number of ether oxygens (including phenoxy) is 1. The maximum atomic E-state index is 12.9. The molecule has 1 saturated heterocycles. The van der Waals surface area contributed by atoms with Gasteiger partial charge in [-0.1, -0.05) is 23.7 Å². The highest BCUT2D eigenvalue weighted by atomic mass is 35.5. The predicted molar refractivity (Wildman–Crippen MR) is 96.6 cm³/mol. The highest BCUT2D eigenvalue weighted by molar-refractivity contribution is 6.32. The topological polar surface area (TPSA) is 56.1 Å². The Bertz CT molecular complexity index is 792. The van der Waals surface area contributed by atoms with Crippen LogP contribution < -0.4 is 5.32 Å². The van der Waals surface area contributed by atoms with Gasteiger partial charge in [-0.3, -0.25) is 4.79 Å². The molecule has 2 fully saturated rings. The maximum Gasteiger partial charge on any atom is 0.255 e. The molecule has 0 radical (unpaired) electrons. The van der Waals surface area contributed by atoms with E-state index in [4.69, 9.17) is 21.4 Å². The fourth-order valence-corrected chi connectivity index (χ4v) is 3.62. The highest BCUT2D eigenvalue weighted by Crippen LogP contribution is 2.42. The van der Waals surface area contributed by atoms with Gasteiger partial charge in [-0.2, -0.15) is 5.10 Å². The molecule has 4 rings (SSSR count). The lowest BCUT2D eigenvalue weighted by Gasteiger charge is -2.11. The lowest BCUT2D eigenvalue weighted by Crippen LogP contribution is -2.32. The maximum absolute atomic E-state index is 12.9. The Morgan fingerprint density at radius 1 is 1.36 bits per heavy atom. The third-order valence-corrected chi connectivity index (χ3v) is 5.25. The van der Waals surface area contributed by atoms with E-state index in [2.05, 4.69) is 5.32 Å². The molecular formula is C19H22ClN3O2. The van der Waals surface area contributed by atoms with Gasteiger partial charge in [0.05, 0.1) is 33.8 Å². The number of carbonyl (C=O) groups excluding carboxylic acids is 1. The van der Waals surface area contributed by atoms with Crippen molar-refractivity contribution in [1.82, 2.24) is 15.1 Å². The molecule has 0 unspecified atom stereocenters. The zero-order valence-corrected chi connectivity index (χ0v) is 15.1. The molecule has 1 aromatic carbocycles. The van der Waals surface area contributed by atoms with Gasteiger partial charge in [0.2, 0.25) is 0 Å². The van der Waals surface area contributed by atoms with E-state index in [9.17, 15) is 4.79 Å². The summed E-state index contributed by atoms with van der Waals surface area (Å²) in [5.74, 6) is 0.319. The lowest BCUT2D eigenvalue weighted by molar-refractivity contribution is 0.0856. The number of nitrogens with zero attached hydrogens (tertiary/aromatic N) is 2. The van der Waals surface area contributed by atoms with Crippen LogP contribution in [0.25, 0.3) is 5.69 Å². The van der Waals surface area contributed by atoms with Crippen LogP contribution in [0.2, 0.25) is 5.02 Å². The van der Waals surface area contributed by atoms with Crippen LogP contribution >= 0.6 is 11.6 Å². The van der Waals surface area contributed by atoms with Crippen molar-refractivity contribution >= 4 is 17.5 Å². The summed E-state index contributed by atoms with van der Waals surface area (Å²) in [6, 6.07) is 7.58. The van der Waals surface area contributed by atoms with Crippen LogP contribution in [0.15, 0.2) is 24.3 Å². The molecule has 25 heavy (non-hydrogen) atoms. The molecule has 2 aromatic rings. The van der Waals surface area contributed by atoms with E-state index in [1.807, 2.05) is 31.2 Å². The zero-order valence-electron chi connectivity index (χ0n) is 14.3. The Balaban J connectivity index is 1.64. The van der Waals surface area contributed by atoms with Crippen LogP contribution in [-0.4, -0.2) is 34.9 Å². The largest absolute Gasteiger partial charge is 0.376 e. The summed E-state index contributed by atoms with van der Waals surface area (Å²) >= 11 is 6.34. The Hall–Kier alpha value is -1.85. The van der Waals surface area contributed by atoms with Crippen molar-refractivity contribution in [2.45, 2.75) is 44.6 Å². The molecule has 0 spiro atoms. The number of para-hydroxylation sites is 1. The molecule has 1 aromatic heterocycles. The van der Waals surface area contributed by atoms with Gasteiger partial charge in [0.1, 0.15) is 0 Å². The third kappa shape index (κ3) is 3.31. The van der Waals surface area contributed by atoms with Crippen LogP contribution in [0.4, 0.5) is 0 Å². The number of nitrogens with one attached hydrogen (secondary N) is 1. The van der Waals surface area contributed by atoms with Crippen molar-refractivity contribution in [2.75, 3.05) is 13.2 Å². The van der Waals surface area contributed by atoms with Crippen LogP contribution in [0.1, 0.15) is 53.3 Å². The number of hydrogen-bond donors (Lipinski definition) is 1. The Morgan fingerprint density at radius 2 is 2.16 bits per heavy atom. The minimum absolute atomic E-state index is 0.0618. The van der Waals surface area contributed by atoms with Gasteiger partial charge in [0.25, 0.3) is 5.91 Å². The first-order valence-electron chi connectivity index (χ1n) is 8.89. The number of hydrogen-bond acceptors (Lipinski definition) is 3. The summed E-state index contributed by atoms with van der Waals surface area (Å²) in [5, 5.41) is 8.40. The van der Waals surface area contributed by atoms with Crippen LogP contribution in [0.5, 0.6) is 0 Å². The van der Waals surface area contributed by atoms with E-state index in [-0.39, 0.29) is 12.0 Å². The molecule has 6 heteroatoms. The number of amides is 1. The average molecular weight is 360 g/mol. The van der Waals surface area contributed by atoms with E-state index in [0.717, 1.165) is 49.4 Å². The summed E-state index contributed by atoms with van der Waals surface area (Å²) in [6.45, 7) is 3.28. The molecule has 0 bridgehead atoms. The predicted octanol–water partition coefficient (Wildman–Crippen LogP) is 3.62. The lowest BCUT2D eigenvalue weighted by atomic mass is 10.1. The number of rotatable bonds is 5. The van der Waals surface area contributed by atoms with E-state index in [1.165, 1.54) is 0 Å². The van der Waals surface area contributed by atoms with Gasteiger partial charge in [-0.25, -0.2) is 4.68 Å². The van der Waals surface area contributed by atoms with E-state index in [1.54, 1.807) is 4.68 Å².